The Hall–Kier alpha value is -2.98. The van der Waals surface area contributed by atoms with Gasteiger partial charge in [0.15, 0.2) is 6.61 Å². The van der Waals surface area contributed by atoms with E-state index in [2.05, 4.69) is 10.3 Å². The quantitative estimate of drug-likeness (QED) is 0.737. The summed E-state index contributed by atoms with van der Waals surface area (Å²) >= 11 is 0. The highest BCUT2D eigenvalue weighted by molar-refractivity contribution is 7.89. The van der Waals surface area contributed by atoms with Crippen molar-refractivity contribution in [2.45, 2.75) is 37.5 Å². The summed E-state index contributed by atoms with van der Waals surface area (Å²) in [7, 11) is -3.71. The lowest BCUT2D eigenvalue weighted by atomic mass is 10.2. The van der Waals surface area contributed by atoms with Crippen LogP contribution in [-0.2, 0) is 19.6 Å². The van der Waals surface area contributed by atoms with Gasteiger partial charge in [0, 0.05) is 18.8 Å². The zero-order chi connectivity index (χ0) is 22.7. The number of sulfonamides is 1. The number of fused-ring (bicyclic) bond motifs is 1. The second kappa shape index (κ2) is 9.25. The number of amides is 2. The van der Waals surface area contributed by atoms with Gasteiger partial charge >= 0.3 is 0 Å². The largest absolute Gasteiger partial charge is 0.482 e. The number of hydrogen-bond acceptors (Lipinski definition) is 6. The Morgan fingerprint density at radius 1 is 1.12 bits per heavy atom. The number of anilines is 2. The minimum absolute atomic E-state index is 0.0854. The van der Waals surface area contributed by atoms with Crippen molar-refractivity contribution < 1.29 is 22.7 Å². The summed E-state index contributed by atoms with van der Waals surface area (Å²) in [6.45, 7) is 2.26. The van der Waals surface area contributed by atoms with Crippen molar-refractivity contribution in [1.82, 2.24) is 9.29 Å². The number of hydrogen-bond donors (Lipinski definition) is 1. The molecule has 0 atom stereocenters. The van der Waals surface area contributed by atoms with Crippen LogP contribution in [0.4, 0.5) is 11.5 Å². The molecule has 4 rings (SSSR count). The first-order valence-corrected chi connectivity index (χ1v) is 12.1. The van der Waals surface area contributed by atoms with E-state index in [9.17, 15) is 18.0 Å². The number of pyridine rings is 1. The normalized spacial score (nSPS) is 17.3. The van der Waals surface area contributed by atoms with Crippen LogP contribution in [0, 0.1) is 6.92 Å². The van der Waals surface area contributed by atoms with E-state index in [0.717, 1.165) is 31.4 Å². The third-order valence-electron chi connectivity index (χ3n) is 5.53. The third-order valence-corrected chi connectivity index (χ3v) is 7.43. The van der Waals surface area contributed by atoms with Crippen LogP contribution in [0.15, 0.2) is 41.3 Å². The smallest absolute Gasteiger partial charge is 0.265 e. The highest BCUT2D eigenvalue weighted by atomic mass is 32.2. The number of nitrogens with zero attached hydrogens (tertiary/aromatic N) is 3. The molecule has 1 saturated heterocycles. The monoisotopic (exact) mass is 458 g/mol. The molecule has 170 valence electrons. The SMILES string of the molecule is Cc1cccc(NC(=O)CN2C(=O)COc3ccc(S(=O)(=O)N4CCCCCC4)cc32)n1. The second-order valence-corrected chi connectivity index (χ2v) is 9.87. The average molecular weight is 459 g/mol. The zero-order valence-corrected chi connectivity index (χ0v) is 18.7. The molecular formula is C22H26N4O5S. The van der Waals surface area contributed by atoms with Gasteiger partial charge in [0.2, 0.25) is 15.9 Å². The van der Waals surface area contributed by atoms with Crippen LogP contribution >= 0.6 is 0 Å². The molecule has 2 amide bonds. The fourth-order valence-corrected chi connectivity index (χ4v) is 5.42. The van der Waals surface area contributed by atoms with E-state index in [-0.39, 0.29) is 23.7 Å². The summed E-state index contributed by atoms with van der Waals surface area (Å²) < 4.78 is 33.4. The Balaban J connectivity index is 1.58. The van der Waals surface area contributed by atoms with Gasteiger partial charge in [0.1, 0.15) is 18.1 Å². The lowest BCUT2D eigenvalue weighted by molar-refractivity contribution is -0.123. The van der Waals surface area contributed by atoms with E-state index in [4.69, 9.17) is 4.74 Å². The first kappa shape index (κ1) is 22.2. The third kappa shape index (κ3) is 4.76. The van der Waals surface area contributed by atoms with Gasteiger partial charge in [-0.15, -0.1) is 0 Å². The zero-order valence-electron chi connectivity index (χ0n) is 17.9. The number of benzene rings is 1. The molecule has 0 saturated carbocycles. The summed E-state index contributed by atoms with van der Waals surface area (Å²) in [6, 6.07) is 9.69. The molecule has 0 radical (unpaired) electrons. The van der Waals surface area contributed by atoms with Crippen LogP contribution in [0.2, 0.25) is 0 Å². The van der Waals surface area contributed by atoms with E-state index in [1.165, 1.54) is 21.3 Å². The fourth-order valence-electron chi connectivity index (χ4n) is 3.89. The minimum atomic E-state index is -3.71. The number of aromatic nitrogens is 1. The molecule has 3 heterocycles. The van der Waals surface area contributed by atoms with Crippen molar-refractivity contribution in [2.24, 2.45) is 0 Å². The van der Waals surface area contributed by atoms with Gasteiger partial charge < -0.3 is 10.1 Å². The minimum Gasteiger partial charge on any atom is -0.482 e. The predicted octanol–water partition coefficient (Wildman–Crippen LogP) is 2.32. The summed E-state index contributed by atoms with van der Waals surface area (Å²) in [6.07, 6.45) is 3.67. The highest BCUT2D eigenvalue weighted by Crippen LogP contribution is 2.35. The maximum atomic E-state index is 13.2. The molecule has 1 N–H and O–H groups in total. The Labute approximate surface area is 187 Å². The van der Waals surface area contributed by atoms with Crippen LogP contribution in [0.3, 0.4) is 0 Å². The van der Waals surface area contributed by atoms with Gasteiger partial charge in [0.05, 0.1) is 10.6 Å². The molecule has 0 unspecified atom stereocenters. The van der Waals surface area contributed by atoms with Crippen molar-refractivity contribution in [2.75, 3.05) is 36.5 Å². The van der Waals surface area contributed by atoms with Crippen molar-refractivity contribution in [3.8, 4) is 5.75 Å². The average Bonchev–Trinajstić information content (AvgIpc) is 3.06. The van der Waals surface area contributed by atoms with Gasteiger partial charge in [-0.25, -0.2) is 13.4 Å². The van der Waals surface area contributed by atoms with Gasteiger partial charge in [-0.3, -0.25) is 14.5 Å². The van der Waals surface area contributed by atoms with Crippen LogP contribution < -0.4 is 15.0 Å². The number of carbonyl (C=O) groups excluding carboxylic acids is 2. The predicted molar refractivity (Wildman–Crippen MR) is 119 cm³/mol. The number of rotatable bonds is 5. The van der Waals surface area contributed by atoms with E-state index in [0.29, 0.717) is 24.7 Å². The van der Waals surface area contributed by atoms with Gasteiger partial charge in [-0.05, 0) is 50.1 Å². The fraction of sp³-hybridized carbons (Fsp3) is 0.409. The first-order chi connectivity index (χ1) is 15.3. The van der Waals surface area contributed by atoms with Gasteiger partial charge in [0.25, 0.3) is 5.91 Å². The van der Waals surface area contributed by atoms with Crippen LogP contribution in [0.1, 0.15) is 31.4 Å². The molecule has 1 fully saturated rings. The maximum Gasteiger partial charge on any atom is 0.265 e. The van der Waals surface area contributed by atoms with Crippen molar-refractivity contribution >= 4 is 33.3 Å². The first-order valence-electron chi connectivity index (χ1n) is 10.7. The number of aryl methyl sites for hydroxylation is 1. The maximum absolute atomic E-state index is 13.2. The summed E-state index contributed by atoms with van der Waals surface area (Å²) in [5.41, 5.74) is 1.02. The summed E-state index contributed by atoms with van der Waals surface area (Å²) in [5.74, 6) is -0.117. The molecule has 1 aromatic carbocycles. The molecule has 2 aliphatic rings. The Morgan fingerprint density at radius 2 is 1.88 bits per heavy atom. The summed E-state index contributed by atoms with van der Waals surface area (Å²) in [5, 5.41) is 2.67. The topological polar surface area (TPSA) is 109 Å². The second-order valence-electron chi connectivity index (χ2n) is 7.93. The molecule has 10 heteroatoms. The standard InChI is InChI=1S/C22H26N4O5S/c1-16-7-6-8-20(23-16)24-21(27)14-26-18-13-17(9-10-19(18)31-15-22(26)28)32(29,30)25-11-4-2-3-5-12-25/h6-10,13H,2-5,11-12,14-15H2,1H3,(H,23,24,27). The van der Waals surface area contributed by atoms with Crippen LogP contribution in [0.25, 0.3) is 0 Å². The Morgan fingerprint density at radius 3 is 2.59 bits per heavy atom. The van der Waals surface area contributed by atoms with Crippen molar-refractivity contribution in [1.29, 1.82) is 0 Å². The molecular weight excluding hydrogens is 432 g/mol. The van der Waals surface area contributed by atoms with E-state index in [1.54, 1.807) is 18.2 Å². The Kier molecular flexibility index (Phi) is 6.43. The molecule has 0 aliphatic carbocycles. The van der Waals surface area contributed by atoms with Gasteiger partial charge in [-0.2, -0.15) is 4.31 Å². The number of carbonyl (C=O) groups is 2. The number of ether oxygens (including phenoxy) is 1. The van der Waals surface area contributed by atoms with Gasteiger partial charge in [-0.1, -0.05) is 18.9 Å². The van der Waals surface area contributed by atoms with E-state index in [1.807, 2.05) is 13.0 Å². The van der Waals surface area contributed by atoms with Crippen LogP contribution in [-0.4, -0.2) is 55.8 Å². The molecule has 1 aromatic heterocycles. The lowest BCUT2D eigenvalue weighted by Gasteiger charge is -2.29. The molecule has 0 spiro atoms. The molecule has 2 aliphatic heterocycles. The summed E-state index contributed by atoms with van der Waals surface area (Å²) in [4.78, 5) is 30.7. The van der Waals surface area contributed by atoms with Crippen molar-refractivity contribution in [3.63, 3.8) is 0 Å². The Bertz CT molecular complexity index is 1130. The number of nitrogens with one attached hydrogen (secondary N) is 1. The lowest BCUT2D eigenvalue weighted by Crippen LogP contribution is -2.43. The molecule has 32 heavy (non-hydrogen) atoms. The molecule has 0 bridgehead atoms. The molecule has 2 aromatic rings. The van der Waals surface area contributed by atoms with E-state index < -0.39 is 21.8 Å². The highest BCUT2D eigenvalue weighted by Gasteiger charge is 2.31. The molecule has 9 nitrogen and oxygen atoms in total. The van der Waals surface area contributed by atoms with Crippen LogP contribution in [0.5, 0.6) is 5.75 Å². The van der Waals surface area contributed by atoms with E-state index >= 15 is 0 Å². The van der Waals surface area contributed by atoms with Crippen molar-refractivity contribution in [3.05, 3.63) is 42.1 Å².